The van der Waals surface area contributed by atoms with Crippen molar-refractivity contribution < 1.29 is 4.79 Å². The fourth-order valence-corrected chi connectivity index (χ4v) is 5.44. The van der Waals surface area contributed by atoms with Crippen molar-refractivity contribution in [3.8, 4) is 0 Å². The second kappa shape index (κ2) is 5.62. The number of piperidine rings is 1. The monoisotopic (exact) mass is 331 g/mol. The molecule has 0 aromatic carbocycles. The first-order valence-electron chi connectivity index (χ1n) is 8.80. The molecule has 4 nitrogen and oxygen atoms in total. The lowest BCUT2D eigenvalue weighted by Crippen LogP contribution is -2.48. The Bertz CT molecular complexity index is 728. The number of carbonyl (C=O) groups excluding carboxylic acids is 1. The van der Waals surface area contributed by atoms with E-state index in [0.717, 1.165) is 44.6 Å². The Morgan fingerprint density at radius 2 is 2.13 bits per heavy atom. The van der Waals surface area contributed by atoms with E-state index >= 15 is 0 Å². The van der Waals surface area contributed by atoms with Crippen LogP contribution in [-0.4, -0.2) is 33.3 Å². The average Bonchev–Trinajstić information content (AvgIpc) is 3.25. The van der Waals surface area contributed by atoms with Gasteiger partial charge in [0.15, 0.2) is 0 Å². The summed E-state index contributed by atoms with van der Waals surface area (Å²) in [6, 6.07) is 0. The summed E-state index contributed by atoms with van der Waals surface area (Å²) in [5.41, 5.74) is 1.17. The summed E-state index contributed by atoms with van der Waals surface area (Å²) in [7, 11) is 0. The Morgan fingerprint density at radius 3 is 2.91 bits per heavy atom. The van der Waals surface area contributed by atoms with Gasteiger partial charge in [-0.3, -0.25) is 9.20 Å². The minimum atomic E-state index is -0.0170. The third-order valence-corrected chi connectivity index (χ3v) is 6.59. The van der Waals surface area contributed by atoms with Crippen LogP contribution in [0.15, 0.2) is 11.6 Å². The van der Waals surface area contributed by atoms with Crippen LogP contribution < -0.4 is 0 Å². The number of imidazole rings is 1. The van der Waals surface area contributed by atoms with Crippen LogP contribution in [0, 0.1) is 12.8 Å². The number of hydrogen-bond acceptors (Lipinski definition) is 3. The first-order chi connectivity index (χ1) is 11.1. The van der Waals surface area contributed by atoms with Crippen LogP contribution in [0.3, 0.4) is 0 Å². The molecule has 0 radical (unpaired) electrons. The Balaban J connectivity index is 1.62. The van der Waals surface area contributed by atoms with Gasteiger partial charge in [0.05, 0.1) is 5.69 Å². The van der Waals surface area contributed by atoms with Gasteiger partial charge in [0, 0.05) is 36.0 Å². The molecule has 2 fully saturated rings. The highest BCUT2D eigenvalue weighted by Gasteiger charge is 2.39. The van der Waals surface area contributed by atoms with E-state index in [1.54, 1.807) is 11.3 Å². The molecule has 0 unspecified atom stereocenters. The van der Waals surface area contributed by atoms with Crippen LogP contribution in [0.4, 0.5) is 0 Å². The molecule has 2 aromatic heterocycles. The van der Waals surface area contributed by atoms with Crippen molar-refractivity contribution in [3.63, 3.8) is 0 Å². The molecule has 0 N–H and O–H groups in total. The van der Waals surface area contributed by atoms with Gasteiger partial charge in [-0.05, 0) is 32.6 Å². The van der Waals surface area contributed by atoms with Gasteiger partial charge in [0.25, 0.3) is 0 Å². The van der Waals surface area contributed by atoms with E-state index in [1.165, 1.54) is 23.4 Å². The zero-order chi connectivity index (χ0) is 16.0. The lowest BCUT2D eigenvalue weighted by Gasteiger charge is -2.40. The first-order valence-corrected chi connectivity index (χ1v) is 9.68. The summed E-state index contributed by atoms with van der Waals surface area (Å²) in [5.74, 6) is 1.73. The summed E-state index contributed by atoms with van der Waals surface area (Å²) in [6.45, 7) is 6.11. The molecule has 2 aromatic rings. The normalized spacial score (nSPS) is 26.3. The van der Waals surface area contributed by atoms with Crippen molar-refractivity contribution in [1.29, 1.82) is 0 Å². The molecule has 0 bridgehead atoms. The number of aromatic nitrogens is 2. The first kappa shape index (κ1) is 15.2. The standard InChI is InChI=1S/C18H25N3OS/c1-13-19-15(17-21(13)10-11-23-17)18(2)8-5-9-20(12-18)16(22)14-6-3-4-7-14/h10-11,14H,3-9,12H2,1-2H3/t18-/m0/s1. The summed E-state index contributed by atoms with van der Waals surface area (Å²) in [6.07, 6.45) is 8.91. The van der Waals surface area contributed by atoms with E-state index in [2.05, 4.69) is 34.7 Å². The number of nitrogens with zero attached hydrogens (tertiary/aromatic N) is 3. The number of hydrogen-bond donors (Lipinski definition) is 0. The highest BCUT2D eigenvalue weighted by Crippen LogP contribution is 2.38. The largest absolute Gasteiger partial charge is 0.342 e. The average molecular weight is 331 g/mol. The summed E-state index contributed by atoms with van der Waals surface area (Å²) >= 11 is 1.76. The van der Waals surface area contributed by atoms with Gasteiger partial charge in [-0.1, -0.05) is 19.8 Å². The number of amides is 1. The number of thiazole rings is 1. The molecule has 23 heavy (non-hydrogen) atoms. The van der Waals surface area contributed by atoms with Crippen molar-refractivity contribution in [1.82, 2.24) is 14.3 Å². The molecule has 3 heterocycles. The minimum absolute atomic E-state index is 0.0170. The van der Waals surface area contributed by atoms with Gasteiger partial charge in [-0.25, -0.2) is 4.98 Å². The molecule has 4 rings (SSSR count). The molecule has 1 aliphatic heterocycles. The van der Waals surface area contributed by atoms with Crippen LogP contribution in [0.1, 0.15) is 57.0 Å². The number of carbonyl (C=O) groups is 1. The number of likely N-dealkylation sites (tertiary alicyclic amines) is 1. The van der Waals surface area contributed by atoms with E-state index in [1.807, 2.05) is 0 Å². The molecule has 1 aliphatic carbocycles. The van der Waals surface area contributed by atoms with Gasteiger partial charge in [0.2, 0.25) is 5.91 Å². The molecule has 124 valence electrons. The highest BCUT2D eigenvalue weighted by molar-refractivity contribution is 7.15. The fraction of sp³-hybridized carbons (Fsp3) is 0.667. The third kappa shape index (κ3) is 2.49. The minimum Gasteiger partial charge on any atom is -0.342 e. The second-order valence-electron chi connectivity index (χ2n) is 7.49. The van der Waals surface area contributed by atoms with Crippen molar-refractivity contribution in [2.45, 2.75) is 57.8 Å². The van der Waals surface area contributed by atoms with Crippen molar-refractivity contribution >= 4 is 22.1 Å². The van der Waals surface area contributed by atoms with E-state index in [4.69, 9.17) is 4.98 Å². The summed E-state index contributed by atoms with van der Waals surface area (Å²) in [5, 5.41) is 2.13. The second-order valence-corrected chi connectivity index (χ2v) is 8.39. The Labute approximate surface area is 141 Å². The zero-order valence-electron chi connectivity index (χ0n) is 14.0. The van der Waals surface area contributed by atoms with Gasteiger partial charge < -0.3 is 4.90 Å². The number of fused-ring (bicyclic) bond motifs is 1. The van der Waals surface area contributed by atoms with Crippen molar-refractivity contribution in [2.75, 3.05) is 13.1 Å². The molecule has 1 saturated heterocycles. The molecule has 1 atom stereocenters. The van der Waals surface area contributed by atoms with Crippen molar-refractivity contribution in [3.05, 3.63) is 23.1 Å². The van der Waals surface area contributed by atoms with Crippen LogP contribution >= 0.6 is 11.3 Å². The molecule has 2 aliphatic rings. The maximum atomic E-state index is 12.8. The van der Waals surface area contributed by atoms with E-state index in [9.17, 15) is 4.79 Å². The SMILES string of the molecule is Cc1nc([C@@]2(C)CCCN(C(=O)C3CCCC3)C2)c2sccn12. The Morgan fingerprint density at radius 1 is 1.35 bits per heavy atom. The van der Waals surface area contributed by atoms with Gasteiger partial charge in [-0.2, -0.15) is 0 Å². The van der Waals surface area contributed by atoms with Gasteiger partial charge >= 0.3 is 0 Å². The number of aryl methyl sites for hydroxylation is 1. The highest BCUT2D eigenvalue weighted by atomic mass is 32.1. The Hall–Kier alpha value is -1.36. The van der Waals surface area contributed by atoms with Gasteiger partial charge in [-0.15, -0.1) is 11.3 Å². The van der Waals surface area contributed by atoms with Crippen molar-refractivity contribution in [2.24, 2.45) is 5.92 Å². The van der Waals surface area contributed by atoms with Crippen LogP contribution in [0.2, 0.25) is 0 Å². The molecule has 0 spiro atoms. The lowest BCUT2D eigenvalue weighted by molar-refractivity contribution is -0.137. The van der Waals surface area contributed by atoms with Gasteiger partial charge in [0.1, 0.15) is 10.7 Å². The molecule has 5 heteroatoms. The molecule has 1 amide bonds. The van der Waals surface area contributed by atoms with Crippen LogP contribution in [-0.2, 0) is 10.2 Å². The van der Waals surface area contributed by atoms with E-state index < -0.39 is 0 Å². The van der Waals surface area contributed by atoms with E-state index in [0.29, 0.717) is 5.91 Å². The fourth-order valence-electron chi connectivity index (χ4n) is 4.41. The van der Waals surface area contributed by atoms with Crippen LogP contribution in [0.25, 0.3) is 4.83 Å². The lowest BCUT2D eigenvalue weighted by atomic mass is 9.79. The Kier molecular flexibility index (Phi) is 3.71. The summed E-state index contributed by atoms with van der Waals surface area (Å²) in [4.78, 5) is 21.1. The molecular weight excluding hydrogens is 306 g/mol. The third-order valence-electron chi connectivity index (χ3n) is 5.72. The van der Waals surface area contributed by atoms with E-state index in [-0.39, 0.29) is 11.3 Å². The smallest absolute Gasteiger partial charge is 0.225 e. The van der Waals surface area contributed by atoms with Crippen LogP contribution in [0.5, 0.6) is 0 Å². The predicted octanol–water partition coefficient (Wildman–Crippen LogP) is 3.77. The maximum Gasteiger partial charge on any atom is 0.225 e. The maximum absolute atomic E-state index is 12.8. The zero-order valence-corrected chi connectivity index (χ0v) is 14.9. The number of rotatable bonds is 2. The quantitative estimate of drug-likeness (QED) is 0.840. The predicted molar refractivity (Wildman–Crippen MR) is 92.9 cm³/mol. The molecular formula is C18H25N3OS. The molecule has 1 saturated carbocycles. The topological polar surface area (TPSA) is 37.6 Å². The summed E-state index contributed by atoms with van der Waals surface area (Å²) < 4.78 is 2.18.